The van der Waals surface area contributed by atoms with Gasteiger partial charge in [0.1, 0.15) is 6.23 Å². The van der Waals surface area contributed by atoms with Crippen molar-refractivity contribution in [2.45, 2.75) is 27.0 Å². The van der Waals surface area contributed by atoms with Gasteiger partial charge in [-0.3, -0.25) is 4.79 Å². The van der Waals surface area contributed by atoms with E-state index in [2.05, 4.69) is 10.7 Å². The van der Waals surface area contributed by atoms with Gasteiger partial charge in [0, 0.05) is 30.8 Å². The molecule has 0 aromatic heterocycles. The van der Waals surface area contributed by atoms with Crippen molar-refractivity contribution in [3.8, 4) is 0 Å². The number of rotatable bonds is 3. The topological polar surface area (TPSA) is 64.6 Å². The fraction of sp³-hybridized carbons (Fsp3) is 0.700. The van der Waals surface area contributed by atoms with Gasteiger partial charge in [-0.15, -0.1) is 0 Å². The summed E-state index contributed by atoms with van der Waals surface area (Å²) in [4.78, 5) is 11.3. The number of nitrogens with zero attached hydrogens (tertiary/aromatic N) is 1. The second-order valence-electron chi connectivity index (χ2n) is 4.12. The molecule has 0 spiro atoms. The molecule has 86 valence electrons. The summed E-state index contributed by atoms with van der Waals surface area (Å²) in [7, 11) is 1.76. The van der Waals surface area contributed by atoms with Gasteiger partial charge in [0.15, 0.2) is 0 Å². The highest BCUT2D eigenvalue weighted by Crippen LogP contribution is 2.15. The first-order chi connectivity index (χ1) is 6.93. The summed E-state index contributed by atoms with van der Waals surface area (Å²) in [5.41, 5.74) is 4.69. The number of aliphatic hydroxyl groups excluding tert-OH is 1. The molecular weight excluding hydrogens is 194 g/mol. The fourth-order valence-electron chi connectivity index (χ4n) is 1.44. The van der Waals surface area contributed by atoms with Crippen LogP contribution in [0.1, 0.15) is 20.8 Å². The van der Waals surface area contributed by atoms with E-state index >= 15 is 0 Å². The number of aliphatic hydroxyl groups is 1. The van der Waals surface area contributed by atoms with Crippen molar-refractivity contribution in [2.24, 2.45) is 5.92 Å². The molecule has 5 nitrogen and oxygen atoms in total. The van der Waals surface area contributed by atoms with Gasteiger partial charge in [-0.2, -0.15) is 5.01 Å². The molecule has 1 unspecified atom stereocenters. The third-order valence-corrected chi connectivity index (χ3v) is 2.48. The third kappa shape index (κ3) is 2.70. The zero-order valence-electron chi connectivity index (χ0n) is 9.66. The van der Waals surface area contributed by atoms with Gasteiger partial charge in [-0.25, -0.2) is 0 Å². The van der Waals surface area contributed by atoms with Crippen molar-refractivity contribution < 1.29 is 9.90 Å². The molecule has 0 saturated carbocycles. The van der Waals surface area contributed by atoms with Crippen molar-refractivity contribution >= 4 is 5.91 Å². The van der Waals surface area contributed by atoms with E-state index in [1.165, 1.54) is 0 Å². The molecule has 1 aliphatic rings. The van der Waals surface area contributed by atoms with Crippen molar-refractivity contribution in [3.05, 3.63) is 11.3 Å². The SMILES string of the molecule is CC1=C(CNC(=O)C(C)C)C(O)N(C)N1. The maximum absolute atomic E-state index is 11.3. The van der Waals surface area contributed by atoms with Gasteiger partial charge in [-0.05, 0) is 6.92 Å². The molecule has 1 atom stereocenters. The van der Waals surface area contributed by atoms with Crippen LogP contribution in [-0.4, -0.2) is 35.8 Å². The Morgan fingerprint density at radius 2 is 2.27 bits per heavy atom. The fourth-order valence-corrected chi connectivity index (χ4v) is 1.44. The Morgan fingerprint density at radius 3 is 2.67 bits per heavy atom. The lowest BCUT2D eigenvalue weighted by atomic mass is 10.1. The highest BCUT2D eigenvalue weighted by molar-refractivity contribution is 5.78. The quantitative estimate of drug-likeness (QED) is 0.607. The van der Waals surface area contributed by atoms with Gasteiger partial charge in [-0.1, -0.05) is 13.8 Å². The standard InChI is InChI=1S/C10H19N3O2/c1-6(2)9(14)11-5-8-7(3)12-13(4)10(8)15/h6,10,12,15H,5H2,1-4H3,(H,11,14). The summed E-state index contributed by atoms with van der Waals surface area (Å²) in [5.74, 6) is -0.0350. The van der Waals surface area contributed by atoms with E-state index in [4.69, 9.17) is 0 Å². The maximum Gasteiger partial charge on any atom is 0.222 e. The molecule has 0 aliphatic carbocycles. The van der Waals surface area contributed by atoms with Crippen molar-refractivity contribution in [3.63, 3.8) is 0 Å². The molecular formula is C10H19N3O2. The minimum absolute atomic E-state index is 0.00273. The highest BCUT2D eigenvalue weighted by atomic mass is 16.3. The number of hydrazine groups is 1. The number of amides is 1. The van der Waals surface area contributed by atoms with E-state index < -0.39 is 6.23 Å². The highest BCUT2D eigenvalue weighted by Gasteiger charge is 2.25. The van der Waals surface area contributed by atoms with Crippen LogP contribution in [0.5, 0.6) is 0 Å². The van der Waals surface area contributed by atoms with Gasteiger partial charge in [0.2, 0.25) is 5.91 Å². The monoisotopic (exact) mass is 213 g/mol. The lowest BCUT2D eigenvalue weighted by Crippen LogP contribution is -2.37. The molecule has 1 heterocycles. The maximum atomic E-state index is 11.3. The van der Waals surface area contributed by atoms with Gasteiger partial charge < -0.3 is 15.8 Å². The molecule has 1 rings (SSSR count). The smallest absolute Gasteiger partial charge is 0.222 e. The Bertz CT molecular complexity index is 286. The van der Waals surface area contributed by atoms with Crippen LogP contribution in [0, 0.1) is 5.92 Å². The molecule has 3 N–H and O–H groups in total. The largest absolute Gasteiger partial charge is 0.373 e. The Hall–Kier alpha value is -1.07. The molecule has 0 aromatic rings. The van der Waals surface area contributed by atoms with Crippen LogP contribution in [0.15, 0.2) is 11.3 Å². The summed E-state index contributed by atoms with van der Waals surface area (Å²) in [5, 5.41) is 14.1. The van der Waals surface area contributed by atoms with E-state index in [0.717, 1.165) is 11.3 Å². The summed E-state index contributed by atoms with van der Waals surface area (Å²) < 4.78 is 0. The average Bonchev–Trinajstić information content (AvgIpc) is 2.38. The first kappa shape index (κ1) is 12.0. The zero-order valence-corrected chi connectivity index (χ0v) is 9.66. The number of hydrogen-bond donors (Lipinski definition) is 3. The molecule has 1 amide bonds. The Balaban J connectivity index is 2.52. The molecule has 1 aliphatic heterocycles. The summed E-state index contributed by atoms with van der Waals surface area (Å²) in [6.45, 7) is 5.95. The first-order valence-electron chi connectivity index (χ1n) is 5.08. The normalized spacial score (nSPS) is 22.1. The lowest BCUT2D eigenvalue weighted by Gasteiger charge is -2.16. The van der Waals surface area contributed by atoms with Crippen LogP contribution in [0.25, 0.3) is 0 Å². The van der Waals surface area contributed by atoms with Crippen LogP contribution < -0.4 is 10.7 Å². The second kappa shape index (κ2) is 4.63. The number of nitrogens with one attached hydrogen (secondary N) is 2. The predicted molar refractivity (Wildman–Crippen MR) is 57.5 cm³/mol. The van der Waals surface area contributed by atoms with Crippen LogP contribution in [0.3, 0.4) is 0 Å². The number of allylic oxidation sites excluding steroid dienone is 1. The minimum Gasteiger partial charge on any atom is -0.373 e. The molecule has 0 bridgehead atoms. The zero-order chi connectivity index (χ0) is 11.6. The predicted octanol–water partition coefficient (Wildman–Crippen LogP) is -0.199. The molecule has 15 heavy (non-hydrogen) atoms. The Morgan fingerprint density at radius 1 is 1.67 bits per heavy atom. The van der Waals surface area contributed by atoms with Crippen molar-refractivity contribution in [1.29, 1.82) is 0 Å². The molecule has 0 saturated heterocycles. The third-order valence-electron chi connectivity index (χ3n) is 2.48. The summed E-state index contributed by atoms with van der Waals surface area (Å²) in [6, 6.07) is 0. The Labute approximate surface area is 90.1 Å². The lowest BCUT2D eigenvalue weighted by molar-refractivity contribution is -0.123. The van der Waals surface area contributed by atoms with Crippen LogP contribution in [0.4, 0.5) is 0 Å². The number of carbonyl (C=O) groups excluding carboxylic acids is 1. The second-order valence-corrected chi connectivity index (χ2v) is 4.12. The summed E-state index contributed by atoms with van der Waals surface area (Å²) in [6.07, 6.45) is -0.655. The number of hydrogen-bond acceptors (Lipinski definition) is 4. The van der Waals surface area contributed by atoms with Gasteiger partial charge in [0.25, 0.3) is 0 Å². The van der Waals surface area contributed by atoms with Gasteiger partial charge >= 0.3 is 0 Å². The van der Waals surface area contributed by atoms with Crippen molar-refractivity contribution in [1.82, 2.24) is 15.8 Å². The van der Waals surface area contributed by atoms with E-state index in [1.807, 2.05) is 20.8 Å². The van der Waals surface area contributed by atoms with E-state index in [0.29, 0.717) is 6.54 Å². The van der Waals surface area contributed by atoms with E-state index in [9.17, 15) is 9.90 Å². The molecule has 0 aromatic carbocycles. The van der Waals surface area contributed by atoms with Gasteiger partial charge in [0.05, 0.1) is 0 Å². The minimum atomic E-state index is -0.655. The average molecular weight is 213 g/mol. The molecule has 0 fully saturated rings. The van der Waals surface area contributed by atoms with Crippen molar-refractivity contribution in [2.75, 3.05) is 13.6 Å². The molecule has 5 heteroatoms. The molecule has 0 radical (unpaired) electrons. The summed E-state index contributed by atoms with van der Waals surface area (Å²) >= 11 is 0. The van der Waals surface area contributed by atoms with Crippen LogP contribution in [-0.2, 0) is 4.79 Å². The van der Waals surface area contributed by atoms with Crippen LogP contribution in [0.2, 0.25) is 0 Å². The number of carbonyl (C=O) groups is 1. The van der Waals surface area contributed by atoms with E-state index in [-0.39, 0.29) is 11.8 Å². The first-order valence-corrected chi connectivity index (χ1v) is 5.08. The van der Waals surface area contributed by atoms with Crippen LogP contribution >= 0.6 is 0 Å². The Kier molecular flexibility index (Phi) is 3.71. The van der Waals surface area contributed by atoms with E-state index in [1.54, 1.807) is 12.1 Å². The number of likely N-dealkylation sites (N-methyl/N-ethyl adjacent to an activating group) is 1.